The highest BCUT2D eigenvalue weighted by Gasteiger charge is 2.07. The Morgan fingerprint density at radius 3 is 2.36 bits per heavy atom. The minimum atomic E-state index is 0.138. The Kier molecular flexibility index (Phi) is 3.68. The predicted octanol–water partition coefficient (Wildman–Crippen LogP) is 1.87. The van der Waals surface area contributed by atoms with Crippen LogP contribution < -0.4 is 10.5 Å². The van der Waals surface area contributed by atoms with Gasteiger partial charge in [-0.1, -0.05) is 13.8 Å². The van der Waals surface area contributed by atoms with Crippen LogP contribution in [-0.4, -0.2) is 16.1 Å². The standard InChI is InChI=1S/C10H17N3O/c1-7(2)4-8(3)14-10-12-5-9(11)6-13-10/h5-8H,4,11H2,1-3H3. The molecule has 0 aliphatic carbocycles. The molecule has 0 aliphatic rings. The number of ether oxygens (including phenoxy) is 1. The van der Waals surface area contributed by atoms with E-state index in [9.17, 15) is 0 Å². The molecule has 0 amide bonds. The van der Waals surface area contributed by atoms with Crippen LogP contribution in [0.2, 0.25) is 0 Å². The van der Waals surface area contributed by atoms with E-state index >= 15 is 0 Å². The zero-order chi connectivity index (χ0) is 10.6. The highest BCUT2D eigenvalue weighted by atomic mass is 16.5. The molecular formula is C10H17N3O. The van der Waals surface area contributed by atoms with Gasteiger partial charge in [-0.15, -0.1) is 0 Å². The molecule has 78 valence electrons. The molecule has 0 bridgehead atoms. The molecule has 0 saturated heterocycles. The second-order valence-corrected chi connectivity index (χ2v) is 3.86. The molecule has 1 unspecified atom stereocenters. The average Bonchev–Trinajstić information content (AvgIpc) is 2.07. The first-order valence-electron chi connectivity index (χ1n) is 4.82. The fourth-order valence-electron chi connectivity index (χ4n) is 1.28. The summed E-state index contributed by atoms with van der Waals surface area (Å²) in [4.78, 5) is 7.93. The van der Waals surface area contributed by atoms with Crippen LogP contribution in [-0.2, 0) is 0 Å². The zero-order valence-electron chi connectivity index (χ0n) is 8.90. The lowest BCUT2D eigenvalue weighted by Crippen LogP contribution is -2.15. The summed E-state index contributed by atoms with van der Waals surface area (Å²) in [5, 5.41) is 0. The lowest BCUT2D eigenvalue weighted by atomic mass is 10.1. The van der Waals surface area contributed by atoms with Crippen LogP contribution >= 0.6 is 0 Å². The summed E-state index contributed by atoms with van der Waals surface area (Å²) >= 11 is 0. The van der Waals surface area contributed by atoms with Gasteiger partial charge in [-0.3, -0.25) is 0 Å². The van der Waals surface area contributed by atoms with E-state index in [1.165, 1.54) is 0 Å². The van der Waals surface area contributed by atoms with Gasteiger partial charge >= 0.3 is 6.01 Å². The van der Waals surface area contributed by atoms with E-state index in [0.29, 0.717) is 17.6 Å². The molecule has 2 N–H and O–H groups in total. The molecule has 4 nitrogen and oxygen atoms in total. The number of anilines is 1. The molecule has 1 aromatic heterocycles. The molecule has 1 aromatic rings. The Labute approximate surface area is 84.5 Å². The molecule has 0 fully saturated rings. The number of aromatic nitrogens is 2. The molecule has 4 heteroatoms. The number of nitrogens with two attached hydrogens (primary N) is 1. The van der Waals surface area contributed by atoms with E-state index < -0.39 is 0 Å². The molecule has 14 heavy (non-hydrogen) atoms. The van der Waals surface area contributed by atoms with Crippen LogP contribution in [0.4, 0.5) is 5.69 Å². The molecule has 0 spiro atoms. The Morgan fingerprint density at radius 2 is 1.86 bits per heavy atom. The molecular weight excluding hydrogens is 178 g/mol. The molecule has 1 heterocycles. The van der Waals surface area contributed by atoms with Crippen LogP contribution in [0.3, 0.4) is 0 Å². The van der Waals surface area contributed by atoms with E-state index in [1.54, 1.807) is 12.4 Å². The quantitative estimate of drug-likeness (QED) is 0.796. The average molecular weight is 195 g/mol. The van der Waals surface area contributed by atoms with Gasteiger partial charge in [0.05, 0.1) is 24.2 Å². The normalized spacial score (nSPS) is 12.9. The topological polar surface area (TPSA) is 61.0 Å². The third kappa shape index (κ3) is 3.60. The van der Waals surface area contributed by atoms with Gasteiger partial charge in [0.2, 0.25) is 0 Å². The summed E-state index contributed by atoms with van der Waals surface area (Å²) in [6.07, 6.45) is 4.22. The van der Waals surface area contributed by atoms with Gasteiger partial charge in [0, 0.05) is 0 Å². The number of hydrogen-bond donors (Lipinski definition) is 1. The summed E-state index contributed by atoms with van der Waals surface area (Å²) in [7, 11) is 0. The fraction of sp³-hybridized carbons (Fsp3) is 0.600. The van der Waals surface area contributed by atoms with Crippen molar-refractivity contribution >= 4 is 5.69 Å². The minimum Gasteiger partial charge on any atom is -0.460 e. The van der Waals surface area contributed by atoms with Gasteiger partial charge in [0.1, 0.15) is 0 Å². The SMILES string of the molecule is CC(C)CC(C)Oc1ncc(N)cn1. The monoisotopic (exact) mass is 195 g/mol. The van der Waals surface area contributed by atoms with E-state index in [1.807, 2.05) is 6.92 Å². The third-order valence-electron chi connectivity index (χ3n) is 1.76. The minimum absolute atomic E-state index is 0.138. The van der Waals surface area contributed by atoms with Gasteiger partial charge in [0.25, 0.3) is 0 Å². The molecule has 0 saturated carbocycles. The zero-order valence-corrected chi connectivity index (χ0v) is 8.90. The van der Waals surface area contributed by atoms with E-state index in [4.69, 9.17) is 10.5 Å². The fourth-order valence-corrected chi connectivity index (χ4v) is 1.28. The van der Waals surface area contributed by atoms with Crippen molar-refractivity contribution in [1.29, 1.82) is 0 Å². The first-order chi connectivity index (χ1) is 6.58. The van der Waals surface area contributed by atoms with Crippen molar-refractivity contribution in [1.82, 2.24) is 9.97 Å². The summed E-state index contributed by atoms with van der Waals surface area (Å²) < 4.78 is 5.50. The second-order valence-electron chi connectivity index (χ2n) is 3.86. The smallest absolute Gasteiger partial charge is 0.316 e. The van der Waals surface area contributed by atoms with Crippen molar-refractivity contribution in [3.63, 3.8) is 0 Å². The van der Waals surface area contributed by atoms with Gasteiger partial charge in [-0.25, -0.2) is 9.97 Å². The maximum absolute atomic E-state index is 5.50. The highest BCUT2D eigenvalue weighted by molar-refractivity contribution is 5.30. The van der Waals surface area contributed by atoms with Crippen molar-refractivity contribution in [2.45, 2.75) is 33.3 Å². The predicted molar refractivity (Wildman–Crippen MR) is 56.0 cm³/mol. The Hall–Kier alpha value is -1.32. The number of nitrogens with zero attached hydrogens (tertiary/aromatic N) is 2. The summed E-state index contributed by atoms with van der Waals surface area (Å²) in [6, 6.07) is 0.396. The molecule has 0 aromatic carbocycles. The van der Waals surface area contributed by atoms with Gasteiger partial charge in [-0.2, -0.15) is 0 Å². The molecule has 1 rings (SSSR count). The van der Waals surface area contributed by atoms with Crippen molar-refractivity contribution < 1.29 is 4.74 Å². The highest BCUT2D eigenvalue weighted by Crippen LogP contribution is 2.11. The summed E-state index contributed by atoms with van der Waals surface area (Å²) in [5.74, 6) is 0.610. The Morgan fingerprint density at radius 1 is 1.29 bits per heavy atom. The van der Waals surface area contributed by atoms with Crippen LogP contribution in [0.15, 0.2) is 12.4 Å². The van der Waals surface area contributed by atoms with Crippen molar-refractivity contribution in [2.75, 3.05) is 5.73 Å². The molecule has 0 radical (unpaired) electrons. The van der Waals surface area contributed by atoms with Crippen LogP contribution in [0, 0.1) is 5.92 Å². The van der Waals surface area contributed by atoms with Gasteiger partial charge < -0.3 is 10.5 Å². The maximum atomic E-state index is 5.50. The van der Waals surface area contributed by atoms with Gasteiger partial charge in [-0.05, 0) is 19.3 Å². The van der Waals surface area contributed by atoms with Crippen LogP contribution in [0.5, 0.6) is 6.01 Å². The van der Waals surface area contributed by atoms with Crippen molar-refractivity contribution in [2.24, 2.45) is 5.92 Å². The van der Waals surface area contributed by atoms with Crippen LogP contribution in [0.25, 0.3) is 0 Å². The summed E-state index contributed by atoms with van der Waals surface area (Å²) in [5.41, 5.74) is 6.01. The molecule has 0 aliphatic heterocycles. The van der Waals surface area contributed by atoms with Crippen LogP contribution in [0.1, 0.15) is 27.2 Å². The van der Waals surface area contributed by atoms with E-state index in [-0.39, 0.29) is 6.10 Å². The second kappa shape index (κ2) is 4.79. The van der Waals surface area contributed by atoms with Gasteiger partial charge in [0.15, 0.2) is 0 Å². The lowest BCUT2D eigenvalue weighted by molar-refractivity contribution is 0.177. The summed E-state index contributed by atoms with van der Waals surface area (Å²) in [6.45, 7) is 6.33. The first-order valence-corrected chi connectivity index (χ1v) is 4.82. The van der Waals surface area contributed by atoms with Crippen molar-refractivity contribution in [3.8, 4) is 6.01 Å². The van der Waals surface area contributed by atoms with E-state index in [0.717, 1.165) is 6.42 Å². The van der Waals surface area contributed by atoms with E-state index in [2.05, 4.69) is 23.8 Å². The lowest BCUT2D eigenvalue weighted by Gasteiger charge is -2.14. The largest absolute Gasteiger partial charge is 0.460 e. The Balaban J connectivity index is 2.47. The number of nitrogen functional groups attached to an aromatic ring is 1. The number of hydrogen-bond acceptors (Lipinski definition) is 4. The number of rotatable bonds is 4. The maximum Gasteiger partial charge on any atom is 0.316 e. The third-order valence-corrected chi connectivity index (χ3v) is 1.76. The first kappa shape index (κ1) is 10.8. The molecule has 1 atom stereocenters. The Bertz CT molecular complexity index is 271. The van der Waals surface area contributed by atoms with Crippen molar-refractivity contribution in [3.05, 3.63) is 12.4 Å².